The van der Waals surface area contributed by atoms with Crippen molar-refractivity contribution < 1.29 is 4.79 Å². The van der Waals surface area contributed by atoms with Gasteiger partial charge in [0.1, 0.15) is 0 Å². The summed E-state index contributed by atoms with van der Waals surface area (Å²) in [5.41, 5.74) is 6.62. The summed E-state index contributed by atoms with van der Waals surface area (Å²) >= 11 is 0. The van der Waals surface area contributed by atoms with Gasteiger partial charge in [0, 0.05) is 18.8 Å². The van der Waals surface area contributed by atoms with E-state index in [1.807, 2.05) is 0 Å². The molecule has 1 unspecified atom stereocenters. The minimum Gasteiger partial charge on any atom is -0.397 e. The van der Waals surface area contributed by atoms with E-state index in [0.717, 1.165) is 13.0 Å². The molecule has 1 fully saturated rings. The zero-order valence-corrected chi connectivity index (χ0v) is 10.0. The van der Waals surface area contributed by atoms with Gasteiger partial charge in [-0.3, -0.25) is 9.78 Å². The Bertz CT molecular complexity index is 407. The predicted octanol–water partition coefficient (Wildman–Crippen LogP) is 0.488. The zero-order chi connectivity index (χ0) is 12.3. The van der Waals surface area contributed by atoms with Gasteiger partial charge in [-0.2, -0.15) is 0 Å². The van der Waals surface area contributed by atoms with Crippen LogP contribution in [0.1, 0.15) is 23.2 Å². The lowest BCUT2D eigenvalue weighted by Crippen LogP contribution is -2.38. The van der Waals surface area contributed by atoms with Crippen molar-refractivity contribution in [1.29, 1.82) is 0 Å². The molecule has 1 aliphatic heterocycles. The molecule has 2 rings (SSSR count). The van der Waals surface area contributed by atoms with Crippen molar-refractivity contribution in [2.24, 2.45) is 0 Å². The first-order valence-corrected chi connectivity index (χ1v) is 5.86. The normalized spacial score (nSPS) is 20.4. The SMILES string of the molecule is CN1CCCC1CNC(=O)c1ccncc1N. The predicted molar refractivity (Wildman–Crippen MR) is 66.6 cm³/mol. The second-order valence-electron chi connectivity index (χ2n) is 4.45. The van der Waals surface area contributed by atoms with Gasteiger partial charge in [-0.05, 0) is 32.5 Å². The molecule has 17 heavy (non-hydrogen) atoms. The molecular weight excluding hydrogens is 216 g/mol. The van der Waals surface area contributed by atoms with Crippen molar-refractivity contribution in [2.75, 3.05) is 25.9 Å². The number of carbonyl (C=O) groups excluding carboxylic acids is 1. The van der Waals surface area contributed by atoms with E-state index in [-0.39, 0.29) is 5.91 Å². The summed E-state index contributed by atoms with van der Waals surface area (Å²) in [6.07, 6.45) is 5.42. The second-order valence-corrected chi connectivity index (χ2v) is 4.45. The van der Waals surface area contributed by atoms with E-state index < -0.39 is 0 Å². The topological polar surface area (TPSA) is 71.2 Å². The van der Waals surface area contributed by atoms with Crippen molar-refractivity contribution in [3.63, 3.8) is 0 Å². The maximum absolute atomic E-state index is 11.9. The number of nitrogens with zero attached hydrogens (tertiary/aromatic N) is 2. The first-order chi connectivity index (χ1) is 8.18. The average Bonchev–Trinajstić information content (AvgIpc) is 2.72. The number of nitrogens with two attached hydrogens (primary N) is 1. The third kappa shape index (κ3) is 2.74. The van der Waals surface area contributed by atoms with Gasteiger partial charge in [0.05, 0.1) is 17.4 Å². The van der Waals surface area contributed by atoms with Crippen molar-refractivity contribution >= 4 is 11.6 Å². The number of rotatable bonds is 3. The number of pyridine rings is 1. The molecule has 0 radical (unpaired) electrons. The van der Waals surface area contributed by atoms with E-state index in [2.05, 4.69) is 22.2 Å². The summed E-state index contributed by atoms with van der Waals surface area (Å²) < 4.78 is 0. The van der Waals surface area contributed by atoms with Crippen LogP contribution >= 0.6 is 0 Å². The molecule has 92 valence electrons. The summed E-state index contributed by atoms with van der Waals surface area (Å²) in [5, 5.41) is 2.92. The number of likely N-dealkylation sites (N-methyl/N-ethyl adjacent to an activating group) is 1. The molecule has 1 saturated heterocycles. The van der Waals surface area contributed by atoms with Gasteiger partial charge in [0.2, 0.25) is 0 Å². The highest BCUT2D eigenvalue weighted by molar-refractivity contribution is 5.98. The minimum atomic E-state index is -0.120. The van der Waals surface area contributed by atoms with E-state index in [4.69, 9.17) is 5.73 Å². The molecule has 0 saturated carbocycles. The Labute approximate surface area is 101 Å². The van der Waals surface area contributed by atoms with E-state index >= 15 is 0 Å². The molecule has 5 nitrogen and oxygen atoms in total. The quantitative estimate of drug-likeness (QED) is 0.798. The van der Waals surface area contributed by atoms with E-state index in [9.17, 15) is 4.79 Å². The lowest BCUT2D eigenvalue weighted by molar-refractivity contribution is 0.0944. The standard InChI is InChI=1S/C12H18N4O/c1-16-6-2-3-9(16)7-15-12(17)10-4-5-14-8-11(10)13/h4-5,8-9H,2-3,6-7,13H2,1H3,(H,15,17). The highest BCUT2D eigenvalue weighted by atomic mass is 16.1. The van der Waals surface area contributed by atoms with Crippen molar-refractivity contribution in [1.82, 2.24) is 15.2 Å². The lowest BCUT2D eigenvalue weighted by Gasteiger charge is -2.19. The Balaban J connectivity index is 1.91. The Hall–Kier alpha value is -1.62. The van der Waals surface area contributed by atoms with Crippen LogP contribution in [0.25, 0.3) is 0 Å². The molecule has 0 spiro atoms. The van der Waals surface area contributed by atoms with Crippen LogP contribution in [0.15, 0.2) is 18.5 Å². The molecule has 1 aliphatic rings. The van der Waals surface area contributed by atoms with E-state index in [1.54, 1.807) is 12.3 Å². The summed E-state index contributed by atoms with van der Waals surface area (Å²) in [7, 11) is 2.09. The molecule has 5 heteroatoms. The molecule has 1 aromatic heterocycles. The average molecular weight is 234 g/mol. The maximum atomic E-state index is 11.9. The summed E-state index contributed by atoms with van der Waals surface area (Å²) in [4.78, 5) is 18.0. The summed E-state index contributed by atoms with van der Waals surface area (Å²) in [6, 6.07) is 2.09. The molecule has 0 aliphatic carbocycles. The summed E-state index contributed by atoms with van der Waals surface area (Å²) in [5.74, 6) is -0.120. The molecule has 2 heterocycles. The Kier molecular flexibility index (Phi) is 3.58. The number of nitrogens with one attached hydrogen (secondary N) is 1. The highest BCUT2D eigenvalue weighted by Gasteiger charge is 2.21. The largest absolute Gasteiger partial charge is 0.397 e. The molecule has 1 aromatic rings. The molecule has 0 bridgehead atoms. The number of aromatic nitrogens is 1. The molecule has 1 amide bonds. The number of anilines is 1. The van der Waals surface area contributed by atoms with Crippen molar-refractivity contribution in [3.8, 4) is 0 Å². The number of amides is 1. The molecule has 1 atom stereocenters. The smallest absolute Gasteiger partial charge is 0.253 e. The van der Waals surface area contributed by atoms with Crippen molar-refractivity contribution in [2.45, 2.75) is 18.9 Å². The molecule has 3 N–H and O–H groups in total. The van der Waals surface area contributed by atoms with Gasteiger partial charge < -0.3 is 16.0 Å². The Morgan fingerprint density at radius 1 is 1.71 bits per heavy atom. The fourth-order valence-corrected chi connectivity index (χ4v) is 2.16. The van der Waals surface area contributed by atoms with Crippen LogP contribution in [0, 0.1) is 0 Å². The van der Waals surface area contributed by atoms with Crippen LogP contribution in [-0.4, -0.2) is 42.0 Å². The van der Waals surface area contributed by atoms with Gasteiger partial charge in [0.25, 0.3) is 5.91 Å². The van der Waals surface area contributed by atoms with Crippen LogP contribution in [0.3, 0.4) is 0 Å². The van der Waals surface area contributed by atoms with Gasteiger partial charge in [-0.15, -0.1) is 0 Å². The van der Waals surface area contributed by atoms with Crippen molar-refractivity contribution in [3.05, 3.63) is 24.0 Å². The van der Waals surface area contributed by atoms with Crippen LogP contribution in [0.2, 0.25) is 0 Å². The number of nitrogen functional groups attached to an aromatic ring is 1. The number of hydrogen-bond acceptors (Lipinski definition) is 4. The number of carbonyl (C=O) groups is 1. The number of likely N-dealkylation sites (tertiary alicyclic amines) is 1. The third-order valence-corrected chi connectivity index (χ3v) is 3.27. The third-order valence-electron chi connectivity index (χ3n) is 3.27. The molecular formula is C12H18N4O. The minimum absolute atomic E-state index is 0.120. The van der Waals surface area contributed by atoms with Gasteiger partial charge in [-0.1, -0.05) is 0 Å². The summed E-state index contributed by atoms with van der Waals surface area (Å²) in [6.45, 7) is 1.79. The van der Waals surface area contributed by atoms with Crippen LogP contribution in [0.5, 0.6) is 0 Å². The van der Waals surface area contributed by atoms with Crippen LogP contribution in [-0.2, 0) is 0 Å². The zero-order valence-electron chi connectivity index (χ0n) is 10.0. The monoisotopic (exact) mass is 234 g/mol. The fraction of sp³-hybridized carbons (Fsp3) is 0.500. The Morgan fingerprint density at radius 3 is 3.18 bits per heavy atom. The second kappa shape index (κ2) is 5.14. The first-order valence-electron chi connectivity index (χ1n) is 5.86. The maximum Gasteiger partial charge on any atom is 0.253 e. The highest BCUT2D eigenvalue weighted by Crippen LogP contribution is 2.14. The number of hydrogen-bond donors (Lipinski definition) is 2. The van der Waals surface area contributed by atoms with Crippen LogP contribution < -0.4 is 11.1 Å². The van der Waals surface area contributed by atoms with Gasteiger partial charge in [-0.25, -0.2) is 0 Å². The lowest BCUT2D eigenvalue weighted by atomic mass is 10.2. The fourth-order valence-electron chi connectivity index (χ4n) is 2.16. The van der Waals surface area contributed by atoms with Gasteiger partial charge in [0.15, 0.2) is 0 Å². The van der Waals surface area contributed by atoms with E-state index in [0.29, 0.717) is 23.8 Å². The van der Waals surface area contributed by atoms with Gasteiger partial charge >= 0.3 is 0 Å². The molecule has 0 aromatic carbocycles. The first kappa shape index (κ1) is 11.9. The van der Waals surface area contributed by atoms with E-state index in [1.165, 1.54) is 12.6 Å². The van der Waals surface area contributed by atoms with Crippen LogP contribution in [0.4, 0.5) is 5.69 Å². The Morgan fingerprint density at radius 2 is 2.53 bits per heavy atom.